The quantitative estimate of drug-likeness (QED) is 0.292. The Kier molecular flexibility index (Phi) is 6.93. The van der Waals surface area contributed by atoms with Gasteiger partial charge >= 0.3 is 0 Å². The molecule has 2 rings (SSSR count). The van der Waals surface area contributed by atoms with Crippen LogP contribution in [0.15, 0.2) is 17.4 Å². The molecule has 2 aromatic rings. The Balaban J connectivity index is 2.73. The molecule has 6 heteroatoms. The topological polar surface area (TPSA) is 41.9 Å². The molecule has 0 unspecified atom stereocenters. The summed E-state index contributed by atoms with van der Waals surface area (Å²) in [5.74, 6) is 4.44. The van der Waals surface area contributed by atoms with E-state index in [1.807, 2.05) is 31.4 Å². The van der Waals surface area contributed by atoms with Crippen molar-refractivity contribution in [1.82, 2.24) is 15.0 Å². The van der Waals surface area contributed by atoms with Crippen molar-refractivity contribution in [2.45, 2.75) is 63.3 Å². The van der Waals surface area contributed by atoms with Crippen LogP contribution >= 0.6 is 11.8 Å². The first kappa shape index (κ1) is 21.7. The van der Waals surface area contributed by atoms with E-state index >= 15 is 0 Å². The summed E-state index contributed by atoms with van der Waals surface area (Å²) in [4.78, 5) is 15.8. The van der Waals surface area contributed by atoms with Crippen molar-refractivity contribution < 1.29 is 0 Å². The van der Waals surface area contributed by atoms with Crippen molar-refractivity contribution in [1.29, 1.82) is 0 Å². The first-order chi connectivity index (χ1) is 12.6. The average Bonchev–Trinajstić information content (AvgIpc) is 2.60. The summed E-state index contributed by atoms with van der Waals surface area (Å²) in [6, 6.07) is 2.07. The molecule has 2 heterocycles. The zero-order chi connectivity index (χ0) is 20.4. The lowest BCUT2D eigenvalue weighted by atomic mass is 10.2. The van der Waals surface area contributed by atoms with E-state index in [-0.39, 0.29) is 0 Å². The van der Waals surface area contributed by atoms with Crippen LogP contribution in [0.5, 0.6) is 0 Å². The van der Waals surface area contributed by atoms with Crippen molar-refractivity contribution in [3.8, 4) is 11.5 Å². The van der Waals surface area contributed by atoms with Gasteiger partial charge in [0.25, 0.3) is 0 Å². The van der Waals surface area contributed by atoms with Crippen LogP contribution in [-0.2, 0) is 0 Å². The predicted molar refractivity (Wildman–Crippen MR) is 121 cm³/mol. The highest BCUT2D eigenvalue weighted by Gasteiger charge is 2.41. The molecule has 0 aromatic carbocycles. The minimum absolute atomic E-state index is 0.603. The minimum Gasteiger partial charge on any atom is -0.363 e. The number of nitrogens with zero attached hydrogens (tertiary/aromatic N) is 4. The summed E-state index contributed by atoms with van der Waals surface area (Å²) in [7, 11) is 2.19. The zero-order valence-electron chi connectivity index (χ0n) is 18.1. The molecule has 0 spiro atoms. The Morgan fingerprint density at radius 2 is 1.59 bits per heavy atom. The lowest BCUT2D eigenvalue weighted by Crippen LogP contribution is -2.43. The van der Waals surface area contributed by atoms with Gasteiger partial charge in [-0.3, -0.25) is 0 Å². The predicted octanol–water partition coefficient (Wildman–Crippen LogP) is 5.38. The van der Waals surface area contributed by atoms with Crippen molar-refractivity contribution in [3.63, 3.8) is 0 Å². The number of fused-ring (bicyclic) bond motifs is 1. The van der Waals surface area contributed by atoms with E-state index < -0.39 is 8.07 Å². The van der Waals surface area contributed by atoms with Gasteiger partial charge in [-0.05, 0) is 28.9 Å². The highest BCUT2D eigenvalue weighted by Crippen LogP contribution is 2.40. The van der Waals surface area contributed by atoms with Crippen LogP contribution in [0.25, 0.3) is 11.0 Å². The summed E-state index contributed by atoms with van der Waals surface area (Å²) < 4.78 is 0. The van der Waals surface area contributed by atoms with Crippen molar-refractivity contribution >= 4 is 36.7 Å². The molecule has 0 saturated carbocycles. The molecule has 2 aromatic heterocycles. The maximum Gasteiger partial charge on any atom is 0.189 e. The Morgan fingerprint density at radius 1 is 1.00 bits per heavy atom. The van der Waals surface area contributed by atoms with Crippen molar-refractivity contribution in [3.05, 3.63) is 17.8 Å². The van der Waals surface area contributed by atoms with Gasteiger partial charge in [0.1, 0.15) is 13.9 Å². The van der Waals surface area contributed by atoms with Crippen LogP contribution in [0.4, 0.5) is 5.82 Å². The van der Waals surface area contributed by atoms with Gasteiger partial charge in [-0.2, -0.15) is 0 Å². The van der Waals surface area contributed by atoms with Gasteiger partial charge in [0, 0.05) is 25.9 Å². The van der Waals surface area contributed by atoms with E-state index in [1.54, 1.807) is 0 Å². The maximum absolute atomic E-state index is 4.70. The Bertz CT molecular complexity index is 844. The fourth-order valence-electron chi connectivity index (χ4n) is 4.02. The number of anilines is 1. The summed E-state index contributed by atoms with van der Waals surface area (Å²) in [6.07, 6.45) is 3.85. The summed E-state index contributed by atoms with van der Waals surface area (Å²) in [5, 5.41) is 1.67. The second-order valence-corrected chi connectivity index (χ2v) is 14.5. The standard InChI is InChI=1S/C21H32N4SSi/c1-14(2)27(15(3)4,16(5)6)11-10-17-12-19(25(7)8)23-20-18(17)13-22-21(24-20)26-9/h12-16H,1-9H3. The first-order valence-electron chi connectivity index (χ1n) is 9.55. The third kappa shape index (κ3) is 4.30. The molecule has 0 atom stereocenters. The molecule has 4 nitrogen and oxygen atoms in total. The molecule has 27 heavy (non-hydrogen) atoms. The lowest BCUT2D eigenvalue weighted by Gasteiger charge is -2.38. The molecule has 146 valence electrons. The number of thioether (sulfide) groups is 1. The van der Waals surface area contributed by atoms with Gasteiger partial charge in [0.05, 0.1) is 5.39 Å². The number of rotatable bonds is 5. The molecule has 0 aliphatic carbocycles. The summed E-state index contributed by atoms with van der Waals surface area (Å²) in [5.41, 5.74) is 7.32. The number of hydrogen-bond donors (Lipinski definition) is 0. The van der Waals surface area contributed by atoms with Crippen LogP contribution in [0.3, 0.4) is 0 Å². The molecule has 0 saturated heterocycles. The SMILES string of the molecule is CSc1ncc2c(C#C[Si](C(C)C)(C(C)C)C(C)C)cc(N(C)C)nc2n1. The highest BCUT2D eigenvalue weighted by molar-refractivity contribution is 7.98. The summed E-state index contributed by atoms with van der Waals surface area (Å²) >= 11 is 1.53. The molecular formula is C21H32N4SSi. The van der Waals surface area contributed by atoms with E-state index in [0.717, 1.165) is 27.6 Å². The van der Waals surface area contributed by atoms with Gasteiger partial charge in [-0.25, -0.2) is 15.0 Å². The van der Waals surface area contributed by atoms with Gasteiger partial charge in [0.2, 0.25) is 0 Å². The molecule has 0 bridgehead atoms. The van der Waals surface area contributed by atoms with Gasteiger partial charge < -0.3 is 4.90 Å². The van der Waals surface area contributed by atoms with Crippen molar-refractivity contribution in [2.75, 3.05) is 25.3 Å². The van der Waals surface area contributed by atoms with Gasteiger partial charge in [-0.1, -0.05) is 59.2 Å². The molecule has 0 fully saturated rings. The van der Waals surface area contributed by atoms with Gasteiger partial charge in [0.15, 0.2) is 10.8 Å². The molecule has 0 aliphatic heterocycles. The average molecular weight is 401 g/mol. The fourth-order valence-corrected chi connectivity index (χ4v) is 9.57. The molecule has 0 N–H and O–H groups in total. The monoisotopic (exact) mass is 400 g/mol. The van der Waals surface area contributed by atoms with E-state index in [1.165, 1.54) is 11.8 Å². The Morgan fingerprint density at radius 3 is 2.07 bits per heavy atom. The van der Waals surface area contributed by atoms with Crippen molar-refractivity contribution in [2.24, 2.45) is 0 Å². The second kappa shape index (κ2) is 8.62. The third-order valence-electron chi connectivity index (χ3n) is 5.45. The summed E-state index contributed by atoms with van der Waals surface area (Å²) in [6.45, 7) is 14.0. The number of aromatic nitrogens is 3. The van der Waals surface area contributed by atoms with Crippen LogP contribution < -0.4 is 4.90 Å². The third-order valence-corrected chi connectivity index (χ3v) is 12.3. The van der Waals surface area contributed by atoms with E-state index in [9.17, 15) is 0 Å². The largest absolute Gasteiger partial charge is 0.363 e. The first-order valence-corrected chi connectivity index (χ1v) is 13.0. The Labute approximate surface area is 169 Å². The fraction of sp³-hybridized carbons (Fsp3) is 0.571. The van der Waals surface area contributed by atoms with E-state index in [4.69, 9.17) is 4.98 Å². The highest BCUT2D eigenvalue weighted by atomic mass is 32.2. The van der Waals surface area contributed by atoms with Crippen LogP contribution in [0.2, 0.25) is 16.6 Å². The van der Waals surface area contributed by atoms with E-state index in [2.05, 4.69) is 69.0 Å². The van der Waals surface area contributed by atoms with Crippen LogP contribution in [0, 0.1) is 11.5 Å². The normalized spacial score (nSPS) is 12.0. The molecule has 0 amide bonds. The molecule has 0 aliphatic rings. The number of hydrogen-bond acceptors (Lipinski definition) is 5. The second-order valence-electron chi connectivity index (χ2n) is 8.16. The molecule has 0 radical (unpaired) electrons. The van der Waals surface area contributed by atoms with E-state index in [0.29, 0.717) is 16.6 Å². The Hall–Kier alpha value is -1.58. The smallest absolute Gasteiger partial charge is 0.189 e. The zero-order valence-corrected chi connectivity index (χ0v) is 19.9. The number of pyridine rings is 1. The lowest BCUT2D eigenvalue weighted by molar-refractivity contribution is 0.838. The van der Waals surface area contributed by atoms with Crippen LogP contribution in [-0.4, -0.2) is 43.4 Å². The van der Waals surface area contributed by atoms with Gasteiger partial charge in [-0.15, -0.1) is 5.54 Å². The van der Waals surface area contributed by atoms with Crippen LogP contribution in [0.1, 0.15) is 47.1 Å². The minimum atomic E-state index is -1.80. The maximum atomic E-state index is 4.70. The molecular weight excluding hydrogens is 368 g/mol.